The number of rotatable bonds is 5. The molecule has 1 atom stereocenters. The van der Waals surface area contributed by atoms with Crippen molar-refractivity contribution in [2.75, 3.05) is 13.1 Å². The predicted molar refractivity (Wildman–Crippen MR) is 42.3 cm³/mol. The van der Waals surface area contributed by atoms with E-state index in [9.17, 15) is 9.59 Å². The summed E-state index contributed by atoms with van der Waals surface area (Å²) in [5.41, 5.74) is 10.4. The summed E-state index contributed by atoms with van der Waals surface area (Å²) in [6, 6.07) is -0.751. The highest BCUT2D eigenvalue weighted by Crippen LogP contribution is 1.78. The van der Waals surface area contributed by atoms with Crippen LogP contribution in [0.2, 0.25) is 0 Å². The molecule has 0 aromatic carbocycles. The van der Waals surface area contributed by atoms with Gasteiger partial charge in [-0.2, -0.15) is 0 Å². The van der Waals surface area contributed by atoms with E-state index in [2.05, 4.69) is 5.32 Å². The fourth-order valence-corrected chi connectivity index (χ4v) is 0.531. The van der Waals surface area contributed by atoms with Gasteiger partial charge in [-0.1, -0.05) is 0 Å². The van der Waals surface area contributed by atoms with Crippen LogP contribution in [0.4, 0.5) is 0 Å². The van der Waals surface area contributed by atoms with Crippen molar-refractivity contribution >= 4 is 11.9 Å². The van der Waals surface area contributed by atoms with E-state index in [1.165, 1.54) is 0 Å². The van der Waals surface area contributed by atoms with E-state index in [1.807, 2.05) is 0 Å². The number of aliphatic carboxylic acids is 1. The SMILES string of the molecule is NC[C@@H](N)C(=O)NCCC(=O)O. The maximum atomic E-state index is 10.8. The second kappa shape index (κ2) is 5.50. The van der Waals surface area contributed by atoms with Gasteiger partial charge in [0.2, 0.25) is 5.91 Å². The molecule has 0 aromatic heterocycles. The summed E-state index contributed by atoms with van der Waals surface area (Å²) < 4.78 is 0. The minimum absolute atomic E-state index is 0.0545. The summed E-state index contributed by atoms with van der Waals surface area (Å²) in [5.74, 6) is -1.38. The molecule has 6 N–H and O–H groups in total. The summed E-state index contributed by atoms with van der Waals surface area (Å²) in [4.78, 5) is 20.9. The molecule has 0 bridgehead atoms. The molecule has 0 unspecified atom stereocenters. The summed E-state index contributed by atoms with van der Waals surface area (Å²) in [5, 5.41) is 10.6. The van der Waals surface area contributed by atoms with Gasteiger partial charge in [0.05, 0.1) is 12.5 Å². The van der Waals surface area contributed by atoms with Gasteiger partial charge < -0.3 is 21.9 Å². The van der Waals surface area contributed by atoms with Crippen LogP contribution in [-0.2, 0) is 9.59 Å². The minimum Gasteiger partial charge on any atom is -0.481 e. The third kappa shape index (κ3) is 4.64. The van der Waals surface area contributed by atoms with Crippen LogP contribution in [0.25, 0.3) is 0 Å². The van der Waals surface area contributed by atoms with Gasteiger partial charge in [-0.25, -0.2) is 0 Å². The highest BCUT2D eigenvalue weighted by molar-refractivity contribution is 5.82. The first-order valence-electron chi connectivity index (χ1n) is 3.53. The second-order valence-electron chi connectivity index (χ2n) is 2.28. The molecule has 0 saturated heterocycles. The van der Waals surface area contributed by atoms with Gasteiger partial charge >= 0.3 is 5.97 Å². The lowest BCUT2D eigenvalue weighted by Crippen LogP contribution is -2.45. The average molecular weight is 175 g/mol. The molecule has 1 amide bonds. The molecule has 0 rings (SSSR count). The Morgan fingerprint density at radius 3 is 2.50 bits per heavy atom. The van der Waals surface area contributed by atoms with Crippen molar-refractivity contribution in [1.82, 2.24) is 5.32 Å². The number of hydrogen-bond acceptors (Lipinski definition) is 4. The Hall–Kier alpha value is -1.14. The maximum Gasteiger partial charge on any atom is 0.305 e. The highest BCUT2D eigenvalue weighted by Gasteiger charge is 2.10. The Bertz CT molecular complexity index is 171. The number of carboxylic acids is 1. The molecule has 0 heterocycles. The van der Waals surface area contributed by atoms with Gasteiger partial charge in [-0.05, 0) is 0 Å². The first-order chi connectivity index (χ1) is 5.57. The molecule has 0 fully saturated rings. The van der Waals surface area contributed by atoms with Crippen LogP contribution in [0, 0.1) is 0 Å². The van der Waals surface area contributed by atoms with Gasteiger partial charge in [0.25, 0.3) is 0 Å². The number of hydrogen-bond donors (Lipinski definition) is 4. The fraction of sp³-hybridized carbons (Fsp3) is 0.667. The zero-order valence-corrected chi connectivity index (χ0v) is 6.62. The van der Waals surface area contributed by atoms with E-state index in [4.69, 9.17) is 16.6 Å². The summed E-state index contributed by atoms with van der Waals surface area (Å²) in [7, 11) is 0. The van der Waals surface area contributed by atoms with Crippen molar-refractivity contribution in [2.24, 2.45) is 11.5 Å². The number of carbonyl (C=O) groups excluding carboxylic acids is 1. The van der Waals surface area contributed by atoms with E-state index in [0.29, 0.717) is 0 Å². The van der Waals surface area contributed by atoms with E-state index >= 15 is 0 Å². The molecule has 0 aromatic rings. The lowest BCUT2D eigenvalue weighted by atomic mass is 10.3. The van der Waals surface area contributed by atoms with Gasteiger partial charge in [0, 0.05) is 13.1 Å². The summed E-state index contributed by atoms with van der Waals surface area (Å²) in [6.07, 6.45) is -0.108. The third-order valence-electron chi connectivity index (χ3n) is 1.23. The van der Waals surface area contributed by atoms with Gasteiger partial charge in [-0.3, -0.25) is 9.59 Å². The number of amides is 1. The Balaban J connectivity index is 3.50. The molecule has 0 spiro atoms. The van der Waals surface area contributed by atoms with Crippen molar-refractivity contribution in [3.05, 3.63) is 0 Å². The topological polar surface area (TPSA) is 118 Å². The highest BCUT2D eigenvalue weighted by atomic mass is 16.4. The lowest BCUT2D eigenvalue weighted by molar-refractivity contribution is -0.136. The van der Waals surface area contributed by atoms with Crippen LogP contribution in [0.1, 0.15) is 6.42 Å². The summed E-state index contributed by atoms with van der Waals surface area (Å²) >= 11 is 0. The zero-order valence-electron chi connectivity index (χ0n) is 6.62. The number of carbonyl (C=O) groups is 2. The van der Waals surface area contributed by atoms with Gasteiger partial charge in [0.1, 0.15) is 0 Å². The number of nitrogens with one attached hydrogen (secondary N) is 1. The van der Waals surface area contributed by atoms with Crippen molar-refractivity contribution in [3.63, 3.8) is 0 Å². The summed E-state index contributed by atoms with van der Waals surface area (Å²) in [6.45, 7) is 0.140. The molecule has 70 valence electrons. The van der Waals surface area contributed by atoms with E-state index in [-0.39, 0.29) is 19.5 Å². The van der Waals surface area contributed by atoms with Crippen LogP contribution >= 0.6 is 0 Å². The van der Waals surface area contributed by atoms with Crippen molar-refractivity contribution in [2.45, 2.75) is 12.5 Å². The molecule has 6 heteroatoms. The number of carboxylic acid groups (broad SMARTS) is 1. The molecule has 0 aliphatic carbocycles. The minimum atomic E-state index is -0.961. The van der Waals surface area contributed by atoms with E-state index in [0.717, 1.165) is 0 Å². The Labute approximate surface area is 69.9 Å². The smallest absolute Gasteiger partial charge is 0.305 e. The molecule has 0 saturated carbocycles. The molecule has 0 radical (unpaired) electrons. The van der Waals surface area contributed by atoms with Crippen molar-refractivity contribution in [3.8, 4) is 0 Å². The van der Waals surface area contributed by atoms with Crippen LogP contribution in [0.5, 0.6) is 0 Å². The molecule has 0 aliphatic heterocycles. The normalized spacial score (nSPS) is 12.2. The largest absolute Gasteiger partial charge is 0.481 e. The van der Waals surface area contributed by atoms with Crippen LogP contribution < -0.4 is 16.8 Å². The maximum absolute atomic E-state index is 10.8. The third-order valence-corrected chi connectivity index (χ3v) is 1.23. The Morgan fingerprint density at radius 2 is 2.08 bits per heavy atom. The van der Waals surface area contributed by atoms with Crippen LogP contribution in [0.3, 0.4) is 0 Å². The fourth-order valence-electron chi connectivity index (χ4n) is 0.531. The zero-order chi connectivity index (χ0) is 9.56. The number of nitrogens with two attached hydrogens (primary N) is 2. The monoisotopic (exact) mass is 175 g/mol. The lowest BCUT2D eigenvalue weighted by Gasteiger charge is -2.08. The first kappa shape index (κ1) is 10.9. The molecule has 0 aliphatic rings. The first-order valence-corrected chi connectivity index (χ1v) is 3.53. The van der Waals surface area contributed by atoms with Crippen LogP contribution in [-0.4, -0.2) is 36.1 Å². The second-order valence-corrected chi connectivity index (χ2v) is 2.28. The average Bonchev–Trinajstić information content (AvgIpc) is 2.02. The van der Waals surface area contributed by atoms with Crippen molar-refractivity contribution in [1.29, 1.82) is 0 Å². The molecule has 12 heavy (non-hydrogen) atoms. The molecular weight excluding hydrogens is 162 g/mol. The quantitative estimate of drug-likeness (QED) is 0.380. The van der Waals surface area contributed by atoms with Gasteiger partial charge in [-0.15, -0.1) is 0 Å². The van der Waals surface area contributed by atoms with Crippen LogP contribution in [0.15, 0.2) is 0 Å². The molecule has 6 nitrogen and oxygen atoms in total. The Morgan fingerprint density at radius 1 is 1.50 bits per heavy atom. The van der Waals surface area contributed by atoms with Crippen molar-refractivity contribution < 1.29 is 14.7 Å². The van der Waals surface area contributed by atoms with E-state index in [1.54, 1.807) is 0 Å². The molecular formula is C6H13N3O3. The van der Waals surface area contributed by atoms with Gasteiger partial charge in [0.15, 0.2) is 0 Å². The standard InChI is InChI=1S/C6H13N3O3/c7-3-4(8)6(12)9-2-1-5(10)11/h4H,1-3,7-8H2,(H,9,12)(H,10,11)/t4-/m1/s1. The predicted octanol–water partition coefficient (Wildman–Crippen LogP) is -2.14. The van der Waals surface area contributed by atoms with E-state index < -0.39 is 17.9 Å². The Kier molecular flexibility index (Phi) is 4.98.